The fourth-order valence-electron chi connectivity index (χ4n) is 3.94. The summed E-state index contributed by atoms with van der Waals surface area (Å²) in [6, 6.07) is 0. The number of halogens is 5. The van der Waals surface area contributed by atoms with Gasteiger partial charge >= 0.3 is 12.1 Å². The molecule has 2 saturated carbocycles. The van der Waals surface area contributed by atoms with Crippen LogP contribution in [0.15, 0.2) is 0 Å². The third-order valence-electron chi connectivity index (χ3n) is 5.39. The van der Waals surface area contributed by atoms with E-state index < -0.39 is 18.0 Å². The van der Waals surface area contributed by atoms with Crippen molar-refractivity contribution in [2.24, 2.45) is 23.7 Å². The van der Waals surface area contributed by atoms with E-state index in [0.717, 1.165) is 18.8 Å². The minimum Gasteiger partial charge on any atom is -0.196 e. The monoisotopic (exact) mass is 298 g/mol. The average Bonchev–Trinajstić information content (AvgIpc) is 2.38. The van der Waals surface area contributed by atoms with E-state index in [-0.39, 0.29) is 12.8 Å². The normalized spacial score (nSPS) is 36.9. The molecular formula is C15H23F5. The lowest BCUT2D eigenvalue weighted by Crippen LogP contribution is -2.45. The van der Waals surface area contributed by atoms with Crippen molar-refractivity contribution in [3.05, 3.63) is 0 Å². The van der Waals surface area contributed by atoms with Crippen LogP contribution >= 0.6 is 0 Å². The maximum Gasteiger partial charge on any atom is 0.453 e. The summed E-state index contributed by atoms with van der Waals surface area (Å²) < 4.78 is 63.7. The van der Waals surface area contributed by atoms with Gasteiger partial charge in [-0.2, -0.15) is 22.0 Å². The average molecular weight is 298 g/mol. The zero-order valence-electron chi connectivity index (χ0n) is 11.9. The summed E-state index contributed by atoms with van der Waals surface area (Å²) in [6.07, 6.45) is 0.285. The molecule has 0 aliphatic heterocycles. The van der Waals surface area contributed by atoms with Gasteiger partial charge in [0.05, 0.1) is 0 Å². The lowest BCUT2D eigenvalue weighted by Gasteiger charge is -2.39. The van der Waals surface area contributed by atoms with E-state index in [1.54, 1.807) is 0 Å². The van der Waals surface area contributed by atoms with Gasteiger partial charge in [0.25, 0.3) is 0 Å². The van der Waals surface area contributed by atoms with Crippen molar-refractivity contribution >= 4 is 0 Å². The molecule has 5 heteroatoms. The smallest absolute Gasteiger partial charge is 0.196 e. The van der Waals surface area contributed by atoms with Gasteiger partial charge in [-0.1, -0.05) is 19.8 Å². The Hall–Kier alpha value is -0.350. The Labute approximate surface area is 117 Å². The van der Waals surface area contributed by atoms with E-state index in [2.05, 4.69) is 6.92 Å². The van der Waals surface area contributed by atoms with Crippen LogP contribution in [0.4, 0.5) is 22.0 Å². The van der Waals surface area contributed by atoms with E-state index in [9.17, 15) is 22.0 Å². The Balaban J connectivity index is 1.86. The topological polar surface area (TPSA) is 0 Å². The van der Waals surface area contributed by atoms with Gasteiger partial charge in [0.2, 0.25) is 0 Å². The second kappa shape index (κ2) is 5.80. The molecular weight excluding hydrogens is 275 g/mol. The molecule has 0 saturated heterocycles. The molecule has 0 heterocycles. The fourth-order valence-corrected chi connectivity index (χ4v) is 3.94. The predicted octanol–water partition coefficient (Wildman–Crippen LogP) is 5.82. The van der Waals surface area contributed by atoms with E-state index in [0.29, 0.717) is 24.7 Å². The first kappa shape index (κ1) is 16.0. The van der Waals surface area contributed by atoms with Gasteiger partial charge in [-0.15, -0.1) is 0 Å². The van der Waals surface area contributed by atoms with E-state index in [1.165, 1.54) is 12.8 Å². The quantitative estimate of drug-likeness (QED) is 0.564. The van der Waals surface area contributed by atoms with Gasteiger partial charge < -0.3 is 0 Å². The molecule has 118 valence electrons. The molecule has 20 heavy (non-hydrogen) atoms. The molecule has 0 aromatic heterocycles. The second-order valence-corrected chi connectivity index (χ2v) is 6.75. The second-order valence-electron chi connectivity index (χ2n) is 6.75. The van der Waals surface area contributed by atoms with Crippen LogP contribution in [0.3, 0.4) is 0 Å². The fraction of sp³-hybridized carbons (Fsp3) is 1.00. The highest BCUT2D eigenvalue weighted by Crippen LogP contribution is 2.49. The SMILES string of the molecule is CC1CCC(C2CCC(C(F)(F)C(F)(F)F)CC2)CC1. The van der Waals surface area contributed by atoms with Crippen molar-refractivity contribution in [3.8, 4) is 0 Å². The standard InChI is InChI=1S/C15H23F5/c1-10-2-4-11(5-3-10)12-6-8-13(9-7-12)14(16,17)15(18,19)20/h10-13H,2-9H2,1H3. The first-order valence-corrected chi connectivity index (χ1v) is 7.66. The van der Waals surface area contributed by atoms with Crippen LogP contribution < -0.4 is 0 Å². The molecule has 0 bridgehead atoms. The molecule has 2 aliphatic carbocycles. The van der Waals surface area contributed by atoms with Crippen molar-refractivity contribution < 1.29 is 22.0 Å². The Morgan fingerprint density at radius 3 is 1.45 bits per heavy atom. The van der Waals surface area contributed by atoms with Crippen molar-refractivity contribution in [3.63, 3.8) is 0 Å². The van der Waals surface area contributed by atoms with Crippen LogP contribution in [0.5, 0.6) is 0 Å². The molecule has 2 fully saturated rings. The molecule has 0 unspecified atom stereocenters. The predicted molar refractivity (Wildman–Crippen MR) is 67.6 cm³/mol. The number of rotatable bonds is 2. The molecule has 0 N–H and O–H groups in total. The molecule has 0 amide bonds. The molecule has 0 nitrogen and oxygen atoms in total. The largest absolute Gasteiger partial charge is 0.453 e. The van der Waals surface area contributed by atoms with Gasteiger partial charge in [0.1, 0.15) is 0 Å². The number of alkyl halides is 5. The van der Waals surface area contributed by atoms with Crippen LogP contribution in [0.1, 0.15) is 58.3 Å². The van der Waals surface area contributed by atoms with Crippen LogP contribution in [0.2, 0.25) is 0 Å². The van der Waals surface area contributed by atoms with E-state index in [4.69, 9.17) is 0 Å². The maximum absolute atomic E-state index is 13.3. The summed E-state index contributed by atoms with van der Waals surface area (Å²) in [5, 5.41) is 0. The highest BCUT2D eigenvalue weighted by Gasteiger charge is 2.62. The third-order valence-corrected chi connectivity index (χ3v) is 5.39. The highest BCUT2D eigenvalue weighted by molar-refractivity contribution is 4.89. The van der Waals surface area contributed by atoms with Gasteiger partial charge in [-0.3, -0.25) is 0 Å². The minimum absolute atomic E-state index is 0.0171. The van der Waals surface area contributed by atoms with Crippen molar-refractivity contribution in [1.82, 2.24) is 0 Å². The Morgan fingerprint density at radius 1 is 0.650 bits per heavy atom. The lowest BCUT2D eigenvalue weighted by molar-refractivity contribution is -0.306. The summed E-state index contributed by atoms with van der Waals surface area (Å²) in [5.74, 6) is -4.38. The molecule has 0 spiro atoms. The zero-order chi connectivity index (χ0) is 15.0. The minimum atomic E-state index is -5.40. The van der Waals surface area contributed by atoms with Crippen LogP contribution in [-0.2, 0) is 0 Å². The van der Waals surface area contributed by atoms with Gasteiger partial charge in [0.15, 0.2) is 0 Å². The van der Waals surface area contributed by atoms with E-state index in [1.807, 2.05) is 0 Å². The van der Waals surface area contributed by atoms with Gasteiger partial charge in [0, 0.05) is 5.92 Å². The van der Waals surface area contributed by atoms with Crippen LogP contribution in [0.25, 0.3) is 0 Å². The van der Waals surface area contributed by atoms with E-state index >= 15 is 0 Å². The summed E-state index contributed by atoms with van der Waals surface area (Å²) in [6.45, 7) is 2.22. The van der Waals surface area contributed by atoms with Gasteiger partial charge in [-0.25, -0.2) is 0 Å². The third kappa shape index (κ3) is 3.28. The molecule has 0 atom stereocenters. The summed E-state index contributed by atoms with van der Waals surface area (Å²) in [4.78, 5) is 0. The highest BCUT2D eigenvalue weighted by atomic mass is 19.4. The Kier molecular flexibility index (Phi) is 4.65. The lowest BCUT2D eigenvalue weighted by atomic mass is 9.68. The molecule has 0 aromatic rings. The van der Waals surface area contributed by atoms with Crippen LogP contribution in [0, 0.1) is 23.7 Å². The Bertz CT molecular complexity index is 307. The first-order chi connectivity index (χ1) is 9.22. The summed E-state index contributed by atoms with van der Waals surface area (Å²) >= 11 is 0. The maximum atomic E-state index is 13.3. The number of hydrogen-bond acceptors (Lipinski definition) is 0. The summed E-state index contributed by atoms with van der Waals surface area (Å²) in [5.41, 5.74) is 0. The van der Waals surface area contributed by atoms with Crippen LogP contribution in [-0.4, -0.2) is 12.1 Å². The van der Waals surface area contributed by atoms with Crippen molar-refractivity contribution in [2.45, 2.75) is 70.4 Å². The van der Waals surface area contributed by atoms with Crippen molar-refractivity contribution in [2.75, 3.05) is 0 Å². The summed E-state index contributed by atoms with van der Waals surface area (Å²) in [7, 11) is 0. The molecule has 2 rings (SSSR count). The Morgan fingerprint density at radius 2 is 1.05 bits per heavy atom. The number of hydrogen-bond donors (Lipinski definition) is 0. The molecule has 0 aromatic carbocycles. The molecule has 2 aliphatic rings. The van der Waals surface area contributed by atoms with Crippen molar-refractivity contribution in [1.29, 1.82) is 0 Å². The first-order valence-electron chi connectivity index (χ1n) is 7.66. The molecule has 0 radical (unpaired) electrons. The van der Waals surface area contributed by atoms with Gasteiger partial charge in [-0.05, 0) is 56.3 Å². The zero-order valence-corrected chi connectivity index (χ0v) is 11.9.